The van der Waals surface area contributed by atoms with Gasteiger partial charge in [-0.2, -0.15) is 9.13 Å². The number of aliphatic carboxylic acids is 1. The first-order valence-corrected chi connectivity index (χ1v) is 24.8. The number of fused-ring (bicyclic) bond motifs is 1. The van der Waals surface area contributed by atoms with E-state index < -0.39 is 5.97 Å². The number of nitrogens with zero attached hydrogens (tertiary/aromatic N) is 2. The zero-order valence-corrected chi connectivity index (χ0v) is 42.1. The number of esters is 1. The summed E-state index contributed by atoms with van der Waals surface area (Å²) in [4.78, 5) is 23.7. The van der Waals surface area contributed by atoms with Gasteiger partial charge in [-0.05, 0) is 134 Å². The molecule has 1 aliphatic heterocycles. The van der Waals surface area contributed by atoms with Crippen molar-refractivity contribution in [3.05, 3.63) is 142 Å². The van der Waals surface area contributed by atoms with Gasteiger partial charge in [-0.25, -0.2) is 9.59 Å². The summed E-state index contributed by atoms with van der Waals surface area (Å²) in [5.74, 6) is 2.99. The first kappa shape index (κ1) is 63.8. The lowest BCUT2D eigenvalue weighted by molar-refractivity contribution is -0.685. The molecule has 0 aliphatic carbocycles. The van der Waals surface area contributed by atoms with Crippen LogP contribution in [0.2, 0.25) is 0 Å². The Kier molecular flexibility index (Phi) is 27.7. The molecule has 3 unspecified atom stereocenters. The van der Waals surface area contributed by atoms with Crippen LogP contribution in [-0.4, -0.2) is 22.6 Å². The second-order valence-electron chi connectivity index (χ2n) is 19.9. The molecule has 0 spiro atoms. The average molecular weight is 987 g/mol. The van der Waals surface area contributed by atoms with Crippen molar-refractivity contribution in [1.82, 2.24) is 0 Å². The van der Waals surface area contributed by atoms with Gasteiger partial charge in [0.25, 0.3) is 0 Å². The Labute approximate surface area is 436 Å². The minimum atomic E-state index is -0.852. The summed E-state index contributed by atoms with van der Waals surface area (Å²) in [5, 5.41) is 8.67. The van der Waals surface area contributed by atoms with Crippen LogP contribution in [0.4, 0.5) is 11.4 Å². The van der Waals surface area contributed by atoms with Crippen LogP contribution in [0.15, 0.2) is 97.6 Å². The van der Waals surface area contributed by atoms with E-state index in [0.717, 1.165) is 93.1 Å². The number of aromatic nitrogens is 2. The summed E-state index contributed by atoms with van der Waals surface area (Å²) < 4.78 is 16.3. The van der Waals surface area contributed by atoms with Gasteiger partial charge in [0, 0.05) is 41.2 Å². The van der Waals surface area contributed by atoms with Gasteiger partial charge < -0.3 is 26.0 Å². The van der Waals surface area contributed by atoms with Gasteiger partial charge in [-0.1, -0.05) is 151 Å². The highest BCUT2D eigenvalue weighted by Gasteiger charge is 2.35. The molecule has 72 heavy (non-hydrogen) atoms. The summed E-state index contributed by atoms with van der Waals surface area (Å²) in [5.41, 5.74) is 21.2. The van der Waals surface area contributed by atoms with Crippen LogP contribution in [-0.2, 0) is 29.1 Å². The maximum absolute atomic E-state index is 13.1. The van der Waals surface area contributed by atoms with E-state index in [1.807, 2.05) is 121 Å². The second-order valence-corrected chi connectivity index (χ2v) is 19.9. The molecular weight excluding hydrogens is 893 g/mol. The highest BCUT2D eigenvalue weighted by Crippen LogP contribution is 2.45. The normalized spacial score (nSPS) is 14.5. The topological polar surface area (TPSA) is 133 Å². The average Bonchev–Trinajstić information content (AvgIpc) is 3.30. The zero-order valence-electron chi connectivity index (χ0n) is 42.1. The van der Waals surface area contributed by atoms with Gasteiger partial charge in [0.2, 0.25) is 13.1 Å². The fourth-order valence-electron chi connectivity index (χ4n) is 8.83. The van der Waals surface area contributed by atoms with E-state index in [0.29, 0.717) is 5.75 Å². The van der Waals surface area contributed by atoms with E-state index >= 15 is 0 Å². The zero-order chi connectivity index (χ0) is 49.2. The molecule has 5 N–H and O–H groups in total. The van der Waals surface area contributed by atoms with Crippen molar-refractivity contribution in [3.8, 4) is 11.5 Å². The van der Waals surface area contributed by atoms with Gasteiger partial charge in [0.1, 0.15) is 17.1 Å². The maximum atomic E-state index is 13.1. The number of nitrogens with two attached hydrogens (primary N) is 2. The summed E-state index contributed by atoms with van der Waals surface area (Å²) in [6.07, 6.45) is 29.0. The number of benzene rings is 3. The van der Waals surface area contributed by atoms with Crippen molar-refractivity contribution in [2.24, 2.45) is 17.8 Å². The number of anilines is 2. The molecule has 2 aromatic heterocycles. The number of hydrogen-bond acceptors (Lipinski definition) is 6. The number of nitrogen functional groups attached to an aromatic ring is 2. The van der Waals surface area contributed by atoms with Gasteiger partial charge in [-0.15, -0.1) is 0 Å². The Hall–Kier alpha value is -6.22. The van der Waals surface area contributed by atoms with Crippen LogP contribution in [0, 0.1) is 38.5 Å². The third kappa shape index (κ3) is 20.9. The lowest BCUT2D eigenvalue weighted by Crippen LogP contribution is -2.39. The molecule has 0 fully saturated rings. The number of carboxylic acids is 1. The smallest absolute Gasteiger partial charge is 0.378 e. The Balaban J connectivity index is 0.000000950. The lowest BCUT2D eigenvalue weighted by atomic mass is 9.83. The molecule has 3 aromatic carbocycles. The Morgan fingerprint density at radius 3 is 1.49 bits per heavy atom. The van der Waals surface area contributed by atoms with Crippen molar-refractivity contribution in [3.63, 3.8) is 0 Å². The molecule has 0 radical (unpaired) electrons. The molecule has 9 nitrogen and oxygen atoms in total. The third-order valence-electron chi connectivity index (χ3n) is 13.3. The molecule has 0 amide bonds. The van der Waals surface area contributed by atoms with E-state index in [9.17, 15) is 9.59 Å². The number of pyridine rings is 2. The largest absolute Gasteiger partial charge is 0.487 e. The minimum absolute atomic E-state index is 0. The molecule has 1 aliphatic rings. The molecule has 0 saturated heterocycles. The highest BCUT2D eigenvalue weighted by molar-refractivity contribution is 5.74. The van der Waals surface area contributed by atoms with Crippen LogP contribution in [0.3, 0.4) is 0 Å². The first-order chi connectivity index (χ1) is 32.5. The van der Waals surface area contributed by atoms with Gasteiger partial charge in [-0.3, -0.25) is 0 Å². The number of rotatable bonds is 21. The maximum Gasteiger partial charge on any atom is 0.378 e. The number of carbonyl (C=O) groups is 2. The van der Waals surface area contributed by atoms with E-state index in [1.165, 1.54) is 56.9 Å². The van der Waals surface area contributed by atoms with Crippen LogP contribution >= 0.6 is 0 Å². The predicted octanol–water partition coefficient (Wildman–Crippen LogP) is 15.1. The van der Waals surface area contributed by atoms with Crippen molar-refractivity contribution in [1.29, 1.82) is 0 Å². The third-order valence-corrected chi connectivity index (χ3v) is 13.3. The number of ether oxygens (including phenoxy) is 2. The van der Waals surface area contributed by atoms with Crippen LogP contribution in [0.5, 0.6) is 11.5 Å². The van der Waals surface area contributed by atoms with Crippen molar-refractivity contribution in [2.45, 2.75) is 174 Å². The molecule has 5 aromatic rings. The number of carboxylic acid groups (broad SMARTS) is 1. The van der Waals surface area contributed by atoms with Crippen molar-refractivity contribution in [2.75, 3.05) is 11.5 Å². The summed E-state index contributed by atoms with van der Waals surface area (Å²) in [7, 11) is 0. The van der Waals surface area contributed by atoms with E-state index in [1.54, 1.807) is 17.0 Å². The lowest BCUT2D eigenvalue weighted by Gasteiger charge is -2.38. The van der Waals surface area contributed by atoms with Gasteiger partial charge >= 0.3 is 11.9 Å². The Morgan fingerprint density at radius 1 is 0.625 bits per heavy atom. The molecule has 394 valence electrons. The first-order valence-electron chi connectivity index (χ1n) is 24.8. The van der Waals surface area contributed by atoms with Gasteiger partial charge in [0.15, 0.2) is 24.8 Å². The van der Waals surface area contributed by atoms with Crippen LogP contribution in [0.25, 0.3) is 24.3 Å². The van der Waals surface area contributed by atoms with Crippen LogP contribution < -0.4 is 30.1 Å². The Morgan fingerprint density at radius 2 is 1.04 bits per heavy atom. The quantitative estimate of drug-likeness (QED) is 0.0289. The van der Waals surface area contributed by atoms with Gasteiger partial charge in [0.05, 0.1) is 0 Å². The number of hydrogen-bond donors (Lipinski definition) is 3. The minimum Gasteiger partial charge on any atom is -0.487 e. The molecule has 0 bridgehead atoms. The Bertz CT molecular complexity index is 2440. The van der Waals surface area contributed by atoms with E-state index in [-0.39, 0.29) is 54.4 Å². The summed E-state index contributed by atoms with van der Waals surface area (Å²) >= 11 is 0. The standard InChI is InChI=1S/C44H62N2O3.C15H14N2O2.4CH4/c1-31(2)12-9-13-32(3)14-10-15-33(4)16-11-26-44(8)27-23-40-36(7)42(34(5)35(6)43(40)49-44)48-41(47)30-46-28-24-38(25-29-46)18-17-37-19-21-39(45)22-20-37;16-14-5-3-12(4-6-14)1-2-13-7-9-17(10-8-13)11-15(18)19;;;;/h17-22,24-25,28-29,31-33,45H,9-16,23,26-27,30H2,1-8H3;1-10,16H,11H2,(H,18,19);4*1H4/p+2. The predicted molar refractivity (Wildman–Crippen MR) is 306 cm³/mol. The monoisotopic (exact) mass is 987 g/mol. The fraction of sp³-hybridized carbons (Fsp3) is 0.460. The molecule has 9 heteroatoms. The number of carbonyl (C=O) groups excluding carboxylic acids is 1. The highest BCUT2D eigenvalue weighted by atomic mass is 16.5. The molecule has 0 saturated carbocycles. The molecular formula is C63H94N4O5+2. The van der Waals surface area contributed by atoms with Crippen molar-refractivity contribution >= 4 is 47.6 Å². The summed E-state index contributed by atoms with van der Waals surface area (Å²) in [6, 6.07) is 23.1. The summed E-state index contributed by atoms with van der Waals surface area (Å²) in [6.45, 7) is 18.1. The SMILES string of the molecule is C.C.C.C.Cc1c(C)c2c(c(C)c1OC(=O)C[n+]1ccc(/C=C/c3ccc(N)cc3)cc1)CCC(C)(CCCC(C)CCCC(C)CCCC(C)C)O2.Nc1ccc(/C=C/c2cc[n+](CC(=O)O)cc2)cc1. The second kappa shape index (κ2) is 31.3. The molecule has 3 atom stereocenters. The van der Waals surface area contributed by atoms with E-state index in [2.05, 4.69) is 48.5 Å². The van der Waals surface area contributed by atoms with Crippen LogP contribution in [0.1, 0.15) is 173 Å². The molecule has 3 heterocycles. The van der Waals surface area contributed by atoms with E-state index in [4.69, 9.17) is 26.0 Å². The van der Waals surface area contributed by atoms with Crippen molar-refractivity contribution < 1.29 is 33.3 Å². The molecule has 6 rings (SSSR count). The fourth-order valence-corrected chi connectivity index (χ4v) is 8.83.